The van der Waals surface area contributed by atoms with Gasteiger partial charge >= 0.3 is 0 Å². The Bertz CT molecular complexity index is 584. The van der Waals surface area contributed by atoms with Crippen molar-refractivity contribution in [1.82, 2.24) is 0 Å². The van der Waals surface area contributed by atoms with Crippen molar-refractivity contribution in [3.63, 3.8) is 0 Å². The van der Waals surface area contributed by atoms with Crippen molar-refractivity contribution < 1.29 is 8.78 Å². The second-order valence-corrected chi connectivity index (χ2v) is 4.53. The van der Waals surface area contributed by atoms with Gasteiger partial charge in [0.05, 0.1) is 6.04 Å². The van der Waals surface area contributed by atoms with E-state index in [2.05, 4.69) is 0 Å². The van der Waals surface area contributed by atoms with Crippen molar-refractivity contribution in [2.75, 3.05) is 0 Å². The minimum absolute atomic E-state index is 0.129. The Morgan fingerprint density at radius 3 is 2.33 bits per heavy atom. The summed E-state index contributed by atoms with van der Waals surface area (Å²) in [4.78, 5) is 0. The third-order valence-electron chi connectivity index (χ3n) is 2.90. The number of hydrogen-bond acceptors (Lipinski definition) is 1. The third kappa shape index (κ3) is 2.37. The van der Waals surface area contributed by atoms with Crippen molar-refractivity contribution in [3.05, 3.63) is 69.7 Å². The number of halogens is 3. The monoisotopic (exact) mass is 267 g/mol. The molecule has 0 aliphatic heterocycles. The van der Waals surface area contributed by atoms with Gasteiger partial charge in [-0.25, -0.2) is 8.78 Å². The normalized spacial score (nSPS) is 12.5. The fourth-order valence-electron chi connectivity index (χ4n) is 1.88. The van der Waals surface area contributed by atoms with E-state index in [-0.39, 0.29) is 5.02 Å². The van der Waals surface area contributed by atoms with Crippen LogP contribution in [-0.4, -0.2) is 0 Å². The highest BCUT2D eigenvalue weighted by Crippen LogP contribution is 2.29. The molecule has 2 N–H and O–H groups in total. The van der Waals surface area contributed by atoms with Gasteiger partial charge in [-0.1, -0.05) is 35.9 Å². The summed E-state index contributed by atoms with van der Waals surface area (Å²) in [6.07, 6.45) is 0. The molecule has 2 aromatic carbocycles. The van der Waals surface area contributed by atoms with Crippen molar-refractivity contribution in [2.45, 2.75) is 13.0 Å². The largest absolute Gasteiger partial charge is 0.320 e. The first-order valence-corrected chi connectivity index (χ1v) is 5.84. The average molecular weight is 268 g/mol. The maximum absolute atomic E-state index is 13.2. The molecule has 0 aliphatic carbocycles. The van der Waals surface area contributed by atoms with Crippen LogP contribution in [0.15, 0.2) is 36.4 Å². The van der Waals surface area contributed by atoms with Crippen LogP contribution in [0.5, 0.6) is 0 Å². The Hall–Kier alpha value is -1.45. The molecule has 0 amide bonds. The molecule has 1 atom stereocenters. The zero-order chi connectivity index (χ0) is 13.3. The van der Waals surface area contributed by atoms with E-state index in [1.165, 1.54) is 0 Å². The number of benzene rings is 2. The second-order valence-electron chi connectivity index (χ2n) is 4.12. The van der Waals surface area contributed by atoms with E-state index < -0.39 is 17.7 Å². The van der Waals surface area contributed by atoms with E-state index in [9.17, 15) is 8.78 Å². The van der Waals surface area contributed by atoms with Crippen LogP contribution >= 0.6 is 11.6 Å². The number of hydrogen-bond donors (Lipinski definition) is 1. The maximum atomic E-state index is 13.2. The third-order valence-corrected chi connectivity index (χ3v) is 3.23. The lowest BCUT2D eigenvalue weighted by Gasteiger charge is -2.16. The molecule has 0 heterocycles. The molecule has 0 radical (unpaired) electrons. The minimum atomic E-state index is -0.972. The Labute approximate surface area is 109 Å². The van der Waals surface area contributed by atoms with E-state index in [1.54, 1.807) is 0 Å². The van der Waals surface area contributed by atoms with Gasteiger partial charge in [0.1, 0.15) is 0 Å². The van der Waals surface area contributed by atoms with Crippen LogP contribution in [0.3, 0.4) is 0 Å². The molecule has 0 saturated heterocycles. The zero-order valence-electron chi connectivity index (χ0n) is 9.75. The van der Waals surface area contributed by atoms with Gasteiger partial charge in [0.2, 0.25) is 0 Å². The smallest absolute Gasteiger partial charge is 0.160 e. The lowest BCUT2D eigenvalue weighted by atomic mass is 9.95. The zero-order valence-corrected chi connectivity index (χ0v) is 10.5. The van der Waals surface area contributed by atoms with Gasteiger partial charge in [-0.05, 0) is 35.7 Å². The number of rotatable bonds is 2. The van der Waals surface area contributed by atoms with Gasteiger partial charge in [0, 0.05) is 5.02 Å². The molecule has 4 heteroatoms. The van der Waals surface area contributed by atoms with E-state index in [1.807, 2.05) is 31.2 Å². The van der Waals surface area contributed by atoms with Crippen molar-refractivity contribution >= 4 is 11.6 Å². The van der Waals surface area contributed by atoms with Gasteiger partial charge in [-0.3, -0.25) is 0 Å². The summed E-state index contributed by atoms with van der Waals surface area (Å²) in [5.41, 5.74) is 8.26. The molecule has 18 heavy (non-hydrogen) atoms. The second kappa shape index (κ2) is 5.04. The Morgan fingerprint density at radius 2 is 1.67 bits per heavy atom. The Kier molecular flexibility index (Phi) is 3.64. The summed E-state index contributed by atoms with van der Waals surface area (Å²) in [6, 6.07) is 8.91. The van der Waals surface area contributed by atoms with E-state index in [0.717, 1.165) is 23.3 Å². The first-order valence-electron chi connectivity index (χ1n) is 5.46. The van der Waals surface area contributed by atoms with Crippen molar-refractivity contribution in [2.24, 2.45) is 5.73 Å². The predicted molar refractivity (Wildman–Crippen MR) is 68.6 cm³/mol. The molecule has 0 aliphatic rings. The van der Waals surface area contributed by atoms with Gasteiger partial charge in [0.15, 0.2) is 11.6 Å². The lowest BCUT2D eigenvalue weighted by Crippen LogP contribution is -2.14. The maximum Gasteiger partial charge on any atom is 0.160 e. The van der Waals surface area contributed by atoms with Crippen LogP contribution in [0.4, 0.5) is 8.78 Å². The molecule has 1 nitrogen and oxygen atoms in total. The van der Waals surface area contributed by atoms with Crippen molar-refractivity contribution in [1.29, 1.82) is 0 Å². The highest BCUT2D eigenvalue weighted by atomic mass is 35.5. The first-order chi connectivity index (χ1) is 8.50. The summed E-state index contributed by atoms with van der Waals surface area (Å²) in [7, 11) is 0. The van der Waals surface area contributed by atoms with E-state index in [0.29, 0.717) is 5.56 Å². The molecule has 1 unspecified atom stereocenters. The summed E-state index contributed by atoms with van der Waals surface area (Å²) >= 11 is 5.91. The Morgan fingerprint density at radius 1 is 1.06 bits per heavy atom. The molecule has 94 valence electrons. The van der Waals surface area contributed by atoms with Gasteiger partial charge < -0.3 is 5.73 Å². The van der Waals surface area contributed by atoms with Gasteiger partial charge in [-0.15, -0.1) is 0 Å². The highest BCUT2D eigenvalue weighted by molar-refractivity contribution is 6.31. The summed E-state index contributed by atoms with van der Waals surface area (Å²) in [5.74, 6) is -1.92. The summed E-state index contributed by atoms with van der Waals surface area (Å²) in [5, 5.41) is 0.129. The van der Waals surface area contributed by atoms with Crippen LogP contribution in [-0.2, 0) is 0 Å². The molecule has 0 spiro atoms. The Balaban J connectivity index is 2.50. The van der Waals surface area contributed by atoms with Crippen LogP contribution < -0.4 is 5.73 Å². The molecule has 0 fully saturated rings. The first kappa shape index (κ1) is 13.0. The lowest BCUT2D eigenvalue weighted by molar-refractivity contribution is 0.506. The molecule has 0 bridgehead atoms. The van der Waals surface area contributed by atoms with Gasteiger partial charge in [0.25, 0.3) is 0 Å². The standard InChI is InChI=1S/C14H12ClF2N/c1-8-4-2-3-5-9(8)14(18)10-6-12(16)13(17)7-11(10)15/h2-7,14H,18H2,1H3. The van der Waals surface area contributed by atoms with Crippen LogP contribution in [0.25, 0.3) is 0 Å². The highest BCUT2D eigenvalue weighted by Gasteiger charge is 2.17. The number of nitrogens with two attached hydrogens (primary N) is 1. The van der Waals surface area contributed by atoms with E-state index in [4.69, 9.17) is 17.3 Å². The quantitative estimate of drug-likeness (QED) is 0.819. The summed E-state index contributed by atoms with van der Waals surface area (Å²) in [6.45, 7) is 1.91. The molecular formula is C14H12ClF2N. The van der Waals surface area contributed by atoms with Crippen LogP contribution in [0, 0.1) is 18.6 Å². The molecular weight excluding hydrogens is 256 g/mol. The topological polar surface area (TPSA) is 26.0 Å². The summed E-state index contributed by atoms with van der Waals surface area (Å²) < 4.78 is 26.3. The SMILES string of the molecule is Cc1ccccc1C(N)c1cc(F)c(F)cc1Cl. The van der Waals surface area contributed by atoms with Crippen LogP contribution in [0.1, 0.15) is 22.7 Å². The average Bonchev–Trinajstić information content (AvgIpc) is 2.33. The molecule has 0 aromatic heterocycles. The minimum Gasteiger partial charge on any atom is -0.320 e. The fourth-order valence-corrected chi connectivity index (χ4v) is 2.15. The molecule has 0 saturated carbocycles. The van der Waals surface area contributed by atoms with E-state index >= 15 is 0 Å². The van der Waals surface area contributed by atoms with Gasteiger partial charge in [-0.2, -0.15) is 0 Å². The molecule has 2 rings (SSSR count). The number of aryl methyl sites for hydroxylation is 1. The predicted octanol–water partition coefficient (Wildman–Crippen LogP) is 3.97. The molecule has 2 aromatic rings. The van der Waals surface area contributed by atoms with Crippen LogP contribution in [0.2, 0.25) is 5.02 Å². The van der Waals surface area contributed by atoms with Crippen molar-refractivity contribution in [3.8, 4) is 0 Å². The fraction of sp³-hybridized carbons (Fsp3) is 0.143.